The number of rotatable bonds is 6. The number of hydrogen-bond acceptors (Lipinski definition) is 3. The van der Waals surface area contributed by atoms with E-state index in [0.29, 0.717) is 6.54 Å². The summed E-state index contributed by atoms with van der Waals surface area (Å²) < 4.78 is 1.99. The summed E-state index contributed by atoms with van der Waals surface area (Å²) in [5, 5.41) is 6.11. The summed E-state index contributed by atoms with van der Waals surface area (Å²) in [6, 6.07) is 0.0813. The van der Waals surface area contributed by atoms with E-state index in [1.165, 1.54) is 0 Å². The normalized spacial score (nSPS) is 13.3. The SMILES string of the molecule is CCNCC(=O)NC(Cn1ccnc1)C(C)(C)C. The van der Waals surface area contributed by atoms with E-state index in [1.54, 1.807) is 12.5 Å². The van der Waals surface area contributed by atoms with Crippen molar-refractivity contribution in [2.75, 3.05) is 13.1 Å². The van der Waals surface area contributed by atoms with Crippen molar-refractivity contribution in [3.8, 4) is 0 Å². The summed E-state index contributed by atoms with van der Waals surface area (Å²) in [5.74, 6) is 0.0388. The second-order valence-corrected chi connectivity index (χ2v) is 5.53. The Bertz CT molecular complexity index is 354. The van der Waals surface area contributed by atoms with Crippen LogP contribution >= 0.6 is 0 Å². The molecule has 1 aromatic heterocycles. The van der Waals surface area contributed by atoms with Crippen LogP contribution in [0.25, 0.3) is 0 Å². The van der Waals surface area contributed by atoms with Crippen molar-refractivity contribution in [2.45, 2.75) is 40.3 Å². The minimum atomic E-state index is 0.00610. The van der Waals surface area contributed by atoms with Crippen LogP contribution in [0.1, 0.15) is 27.7 Å². The van der Waals surface area contributed by atoms with E-state index in [-0.39, 0.29) is 17.4 Å². The van der Waals surface area contributed by atoms with E-state index in [0.717, 1.165) is 13.1 Å². The first-order valence-corrected chi connectivity index (χ1v) is 6.39. The first-order chi connectivity index (χ1) is 8.43. The van der Waals surface area contributed by atoms with E-state index in [4.69, 9.17) is 0 Å². The van der Waals surface area contributed by atoms with E-state index < -0.39 is 0 Å². The molecule has 0 saturated heterocycles. The molecule has 0 aliphatic carbocycles. The maximum Gasteiger partial charge on any atom is 0.234 e. The van der Waals surface area contributed by atoms with Gasteiger partial charge in [-0.3, -0.25) is 4.79 Å². The van der Waals surface area contributed by atoms with Crippen LogP contribution in [0.5, 0.6) is 0 Å². The van der Waals surface area contributed by atoms with Crippen molar-refractivity contribution >= 4 is 5.91 Å². The Labute approximate surface area is 109 Å². The van der Waals surface area contributed by atoms with Gasteiger partial charge < -0.3 is 15.2 Å². The number of carbonyl (C=O) groups is 1. The van der Waals surface area contributed by atoms with Crippen LogP contribution < -0.4 is 10.6 Å². The predicted octanol–water partition coefficient (Wildman–Crippen LogP) is 1.02. The summed E-state index contributed by atoms with van der Waals surface area (Å²) in [4.78, 5) is 15.8. The van der Waals surface area contributed by atoms with E-state index >= 15 is 0 Å². The number of carbonyl (C=O) groups excluding carboxylic acids is 1. The zero-order valence-electron chi connectivity index (χ0n) is 11.7. The second-order valence-electron chi connectivity index (χ2n) is 5.53. The number of amides is 1. The standard InChI is InChI=1S/C13H24N4O/c1-5-14-8-12(18)16-11(13(2,3)4)9-17-7-6-15-10-17/h6-7,10-11,14H,5,8-9H2,1-4H3,(H,16,18). The molecule has 2 N–H and O–H groups in total. The maximum atomic E-state index is 11.8. The molecule has 0 spiro atoms. The third-order valence-corrected chi connectivity index (χ3v) is 2.87. The Morgan fingerprint density at radius 3 is 2.67 bits per heavy atom. The maximum absolute atomic E-state index is 11.8. The molecule has 1 heterocycles. The molecule has 18 heavy (non-hydrogen) atoms. The molecule has 1 aromatic rings. The first-order valence-electron chi connectivity index (χ1n) is 6.39. The molecular weight excluding hydrogens is 228 g/mol. The van der Waals surface area contributed by atoms with Crippen LogP contribution in [-0.4, -0.2) is 34.6 Å². The molecule has 0 aliphatic rings. The Kier molecular flexibility index (Phi) is 5.34. The van der Waals surface area contributed by atoms with Crippen LogP contribution in [0.15, 0.2) is 18.7 Å². The molecule has 0 aromatic carbocycles. The molecule has 0 fully saturated rings. The van der Waals surface area contributed by atoms with Crippen molar-refractivity contribution in [2.24, 2.45) is 5.41 Å². The monoisotopic (exact) mass is 252 g/mol. The van der Waals surface area contributed by atoms with Crippen LogP contribution in [0, 0.1) is 5.41 Å². The Morgan fingerprint density at radius 2 is 2.17 bits per heavy atom. The van der Waals surface area contributed by atoms with Crippen molar-refractivity contribution in [3.63, 3.8) is 0 Å². The van der Waals surface area contributed by atoms with Gasteiger partial charge in [-0.1, -0.05) is 27.7 Å². The van der Waals surface area contributed by atoms with Crippen LogP contribution in [0.2, 0.25) is 0 Å². The van der Waals surface area contributed by atoms with Gasteiger partial charge in [-0.05, 0) is 12.0 Å². The highest BCUT2D eigenvalue weighted by Gasteiger charge is 2.26. The average Bonchev–Trinajstić information content (AvgIpc) is 2.77. The molecule has 1 unspecified atom stereocenters. The fourth-order valence-corrected chi connectivity index (χ4v) is 1.63. The van der Waals surface area contributed by atoms with Gasteiger partial charge >= 0.3 is 0 Å². The van der Waals surface area contributed by atoms with Crippen LogP contribution in [-0.2, 0) is 11.3 Å². The predicted molar refractivity (Wildman–Crippen MR) is 72.2 cm³/mol. The minimum absolute atomic E-state index is 0.00610. The summed E-state index contributed by atoms with van der Waals surface area (Å²) in [6.45, 7) is 10.3. The van der Waals surface area contributed by atoms with Gasteiger partial charge in [0.05, 0.1) is 18.9 Å². The van der Waals surface area contributed by atoms with Gasteiger partial charge in [0.25, 0.3) is 0 Å². The summed E-state index contributed by atoms with van der Waals surface area (Å²) >= 11 is 0. The highest BCUT2D eigenvalue weighted by molar-refractivity contribution is 5.78. The van der Waals surface area contributed by atoms with Gasteiger partial charge in [0.15, 0.2) is 0 Å². The van der Waals surface area contributed by atoms with Crippen molar-refractivity contribution in [3.05, 3.63) is 18.7 Å². The van der Waals surface area contributed by atoms with Crippen LogP contribution in [0.3, 0.4) is 0 Å². The first kappa shape index (κ1) is 14.7. The molecular formula is C13H24N4O. The average molecular weight is 252 g/mol. The summed E-state index contributed by atoms with van der Waals surface area (Å²) in [7, 11) is 0. The fraction of sp³-hybridized carbons (Fsp3) is 0.692. The Balaban J connectivity index is 2.59. The highest BCUT2D eigenvalue weighted by atomic mass is 16.2. The lowest BCUT2D eigenvalue weighted by molar-refractivity contribution is -0.121. The zero-order chi connectivity index (χ0) is 13.6. The summed E-state index contributed by atoms with van der Waals surface area (Å²) in [6.07, 6.45) is 5.44. The number of likely N-dealkylation sites (N-methyl/N-ethyl adjacent to an activating group) is 1. The molecule has 0 bridgehead atoms. The lowest BCUT2D eigenvalue weighted by Gasteiger charge is -2.31. The third-order valence-electron chi connectivity index (χ3n) is 2.87. The van der Waals surface area contributed by atoms with Crippen molar-refractivity contribution in [1.29, 1.82) is 0 Å². The Morgan fingerprint density at radius 1 is 1.44 bits per heavy atom. The number of aromatic nitrogens is 2. The third kappa shape index (κ3) is 4.87. The second kappa shape index (κ2) is 6.54. The molecule has 1 atom stereocenters. The Hall–Kier alpha value is -1.36. The molecule has 0 aliphatic heterocycles. The van der Waals surface area contributed by atoms with Gasteiger partial charge in [0.1, 0.15) is 0 Å². The lowest BCUT2D eigenvalue weighted by atomic mass is 9.86. The number of hydrogen-bond donors (Lipinski definition) is 2. The molecule has 5 nitrogen and oxygen atoms in total. The highest BCUT2D eigenvalue weighted by Crippen LogP contribution is 2.20. The quantitative estimate of drug-likeness (QED) is 0.795. The van der Waals surface area contributed by atoms with Gasteiger partial charge in [-0.15, -0.1) is 0 Å². The minimum Gasteiger partial charge on any atom is -0.350 e. The largest absolute Gasteiger partial charge is 0.350 e. The van der Waals surface area contributed by atoms with Gasteiger partial charge in [-0.2, -0.15) is 0 Å². The zero-order valence-corrected chi connectivity index (χ0v) is 11.7. The fourth-order valence-electron chi connectivity index (χ4n) is 1.63. The van der Waals surface area contributed by atoms with E-state index in [2.05, 4.69) is 36.4 Å². The van der Waals surface area contributed by atoms with Crippen LogP contribution in [0.4, 0.5) is 0 Å². The number of imidazole rings is 1. The van der Waals surface area contributed by atoms with Gasteiger partial charge in [-0.25, -0.2) is 4.98 Å². The lowest BCUT2D eigenvalue weighted by Crippen LogP contribution is -2.48. The molecule has 1 amide bonds. The molecule has 5 heteroatoms. The van der Waals surface area contributed by atoms with Crippen molar-refractivity contribution in [1.82, 2.24) is 20.2 Å². The van der Waals surface area contributed by atoms with E-state index in [9.17, 15) is 4.79 Å². The number of nitrogens with one attached hydrogen (secondary N) is 2. The molecule has 1 rings (SSSR count). The molecule has 0 radical (unpaired) electrons. The molecule has 0 saturated carbocycles. The van der Waals surface area contributed by atoms with E-state index in [1.807, 2.05) is 17.7 Å². The smallest absolute Gasteiger partial charge is 0.234 e. The number of nitrogens with zero attached hydrogens (tertiary/aromatic N) is 2. The summed E-state index contributed by atoms with van der Waals surface area (Å²) in [5.41, 5.74) is 0.00610. The topological polar surface area (TPSA) is 59.0 Å². The molecule has 102 valence electrons. The van der Waals surface area contributed by atoms with Crippen molar-refractivity contribution < 1.29 is 4.79 Å². The van der Waals surface area contributed by atoms with Gasteiger partial charge in [0.2, 0.25) is 5.91 Å². The van der Waals surface area contributed by atoms with Gasteiger partial charge in [0, 0.05) is 18.9 Å².